The lowest BCUT2D eigenvalue weighted by Gasteiger charge is -2.29. The predicted molar refractivity (Wildman–Crippen MR) is 71.9 cm³/mol. The van der Waals surface area contributed by atoms with Gasteiger partial charge in [0.25, 0.3) is 0 Å². The first-order chi connectivity index (χ1) is 7.75. The van der Waals surface area contributed by atoms with Crippen LogP contribution in [0.2, 0.25) is 0 Å². The molecule has 1 atom stereocenters. The van der Waals surface area contributed by atoms with E-state index >= 15 is 0 Å². The molecule has 5 nitrogen and oxygen atoms in total. The lowest BCUT2D eigenvalue weighted by molar-refractivity contribution is 0.358. The summed E-state index contributed by atoms with van der Waals surface area (Å²) >= 11 is 0. The SMILES string of the molecule is Cc1nc(NN)c(C)c(NC(C)C(C)(C)C)n1. The highest BCUT2D eigenvalue weighted by Crippen LogP contribution is 2.25. The molecule has 5 heteroatoms. The number of rotatable bonds is 3. The number of aryl methyl sites for hydroxylation is 1. The first kappa shape index (κ1) is 13.7. The second-order valence-electron chi connectivity index (χ2n) is 5.47. The molecule has 0 fully saturated rings. The lowest BCUT2D eigenvalue weighted by atomic mass is 9.88. The van der Waals surface area contributed by atoms with Crippen molar-refractivity contribution in [3.8, 4) is 0 Å². The molecular weight excluding hydrogens is 214 g/mol. The van der Waals surface area contributed by atoms with Crippen LogP contribution in [0.25, 0.3) is 0 Å². The van der Waals surface area contributed by atoms with Crippen molar-refractivity contribution in [2.45, 2.75) is 47.6 Å². The number of hydrogen-bond donors (Lipinski definition) is 3. The Bertz CT molecular complexity index is 395. The summed E-state index contributed by atoms with van der Waals surface area (Å²) in [7, 11) is 0. The summed E-state index contributed by atoms with van der Waals surface area (Å²) in [6.45, 7) is 12.5. The van der Waals surface area contributed by atoms with Crippen molar-refractivity contribution in [2.24, 2.45) is 11.3 Å². The second kappa shape index (κ2) is 4.87. The Morgan fingerprint density at radius 2 is 1.65 bits per heavy atom. The van der Waals surface area contributed by atoms with Gasteiger partial charge < -0.3 is 10.7 Å². The number of hydrazine groups is 1. The predicted octanol–water partition coefficient (Wildman–Crippen LogP) is 2.23. The molecule has 0 saturated carbocycles. The molecule has 0 spiro atoms. The third-order valence-corrected chi connectivity index (χ3v) is 3.05. The van der Waals surface area contributed by atoms with Crippen molar-refractivity contribution < 1.29 is 0 Å². The Morgan fingerprint density at radius 1 is 1.12 bits per heavy atom. The standard InChI is InChI=1S/C12H23N5/c1-7-10(14-8(2)12(4,5)6)15-9(3)16-11(7)17-13/h8H,13H2,1-6H3,(H2,14,15,16,17). The molecule has 0 saturated heterocycles. The maximum atomic E-state index is 5.44. The fourth-order valence-corrected chi connectivity index (χ4v) is 1.33. The smallest absolute Gasteiger partial charge is 0.148 e. The Hall–Kier alpha value is -1.36. The van der Waals surface area contributed by atoms with Gasteiger partial charge in [0, 0.05) is 11.6 Å². The zero-order valence-electron chi connectivity index (χ0n) is 11.5. The first-order valence-corrected chi connectivity index (χ1v) is 5.84. The Kier molecular flexibility index (Phi) is 3.93. The second-order valence-corrected chi connectivity index (χ2v) is 5.47. The summed E-state index contributed by atoms with van der Waals surface area (Å²) in [6.07, 6.45) is 0. The molecule has 0 aromatic carbocycles. The zero-order valence-corrected chi connectivity index (χ0v) is 11.5. The van der Waals surface area contributed by atoms with Crippen molar-refractivity contribution in [1.82, 2.24) is 9.97 Å². The van der Waals surface area contributed by atoms with Crippen LogP contribution in [-0.2, 0) is 0 Å². The number of nitrogens with one attached hydrogen (secondary N) is 2. The van der Waals surface area contributed by atoms with Gasteiger partial charge in [-0.3, -0.25) is 0 Å². The summed E-state index contributed by atoms with van der Waals surface area (Å²) in [5.74, 6) is 7.65. The van der Waals surface area contributed by atoms with Crippen molar-refractivity contribution in [1.29, 1.82) is 0 Å². The molecule has 1 unspecified atom stereocenters. The maximum Gasteiger partial charge on any atom is 0.148 e. The fourth-order valence-electron chi connectivity index (χ4n) is 1.33. The summed E-state index contributed by atoms with van der Waals surface area (Å²) < 4.78 is 0. The van der Waals surface area contributed by atoms with Crippen LogP contribution in [0.15, 0.2) is 0 Å². The van der Waals surface area contributed by atoms with Crippen molar-refractivity contribution >= 4 is 11.6 Å². The maximum absolute atomic E-state index is 5.44. The van der Waals surface area contributed by atoms with Crippen LogP contribution in [0.3, 0.4) is 0 Å². The van der Waals surface area contributed by atoms with E-state index in [4.69, 9.17) is 5.84 Å². The average molecular weight is 237 g/mol. The van der Waals surface area contributed by atoms with Gasteiger partial charge in [-0.2, -0.15) is 0 Å². The molecule has 0 radical (unpaired) electrons. The molecule has 96 valence electrons. The van der Waals surface area contributed by atoms with E-state index < -0.39 is 0 Å². The summed E-state index contributed by atoms with van der Waals surface area (Å²) in [5, 5.41) is 3.42. The molecule has 1 aromatic heterocycles. The van der Waals surface area contributed by atoms with E-state index in [-0.39, 0.29) is 5.41 Å². The van der Waals surface area contributed by atoms with E-state index in [2.05, 4.69) is 48.4 Å². The van der Waals surface area contributed by atoms with Crippen LogP contribution in [0.5, 0.6) is 0 Å². The molecule has 4 N–H and O–H groups in total. The molecule has 1 rings (SSSR count). The number of anilines is 2. The van der Waals surface area contributed by atoms with Gasteiger partial charge in [0.1, 0.15) is 17.5 Å². The highest BCUT2D eigenvalue weighted by atomic mass is 15.3. The van der Waals surface area contributed by atoms with Crippen molar-refractivity contribution in [3.05, 3.63) is 11.4 Å². The van der Waals surface area contributed by atoms with E-state index in [1.54, 1.807) is 0 Å². The Labute approximate surface area is 103 Å². The van der Waals surface area contributed by atoms with Gasteiger partial charge in [0.15, 0.2) is 0 Å². The van der Waals surface area contributed by atoms with E-state index in [1.807, 2.05) is 13.8 Å². The number of nitrogens with two attached hydrogens (primary N) is 1. The normalized spacial score (nSPS) is 13.4. The topological polar surface area (TPSA) is 75.9 Å². The molecule has 1 heterocycles. The zero-order chi connectivity index (χ0) is 13.2. The number of aromatic nitrogens is 2. The van der Waals surface area contributed by atoms with Crippen LogP contribution >= 0.6 is 0 Å². The van der Waals surface area contributed by atoms with Crippen molar-refractivity contribution in [3.63, 3.8) is 0 Å². The molecule has 0 aliphatic heterocycles. The largest absolute Gasteiger partial charge is 0.367 e. The molecular formula is C12H23N5. The van der Waals surface area contributed by atoms with Gasteiger partial charge in [0.2, 0.25) is 0 Å². The van der Waals surface area contributed by atoms with Crippen molar-refractivity contribution in [2.75, 3.05) is 10.7 Å². The summed E-state index contributed by atoms with van der Waals surface area (Å²) in [6, 6.07) is 0.307. The van der Waals surface area contributed by atoms with Gasteiger partial charge in [-0.1, -0.05) is 20.8 Å². The number of nitrogens with zero attached hydrogens (tertiary/aromatic N) is 2. The molecule has 0 aliphatic carbocycles. The van der Waals surface area contributed by atoms with E-state index in [1.165, 1.54) is 0 Å². The fraction of sp³-hybridized carbons (Fsp3) is 0.667. The van der Waals surface area contributed by atoms with E-state index in [9.17, 15) is 0 Å². The Balaban J connectivity index is 3.03. The highest BCUT2D eigenvalue weighted by Gasteiger charge is 2.21. The van der Waals surface area contributed by atoms with Gasteiger partial charge in [-0.05, 0) is 26.2 Å². The minimum Gasteiger partial charge on any atom is -0.367 e. The molecule has 0 bridgehead atoms. The number of nitrogen functional groups attached to an aromatic ring is 1. The molecule has 0 aliphatic rings. The average Bonchev–Trinajstić information content (AvgIpc) is 2.21. The number of hydrogen-bond acceptors (Lipinski definition) is 5. The minimum absolute atomic E-state index is 0.168. The quantitative estimate of drug-likeness (QED) is 0.555. The van der Waals surface area contributed by atoms with Crippen LogP contribution in [0, 0.1) is 19.3 Å². The van der Waals surface area contributed by atoms with Crippen LogP contribution < -0.4 is 16.6 Å². The minimum atomic E-state index is 0.168. The van der Waals surface area contributed by atoms with E-state index in [0.717, 1.165) is 11.4 Å². The van der Waals surface area contributed by atoms with E-state index in [0.29, 0.717) is 17.7 Å². The van der Waals surface area contributed by atoms with Crippen LogP contribution in [0.1, 0.15) is 39.1 Å². The Morgan fingerprint density at radius 3 is 2.12 bits per heavy atom. The summed E-state index contributed by atoms with van der Waals surface area (Å²) in [5.41, 5.74) is 3.70. The van der Waals surface area contributed by atoms with Gasteiger partial charge in [-0.15, -0.1) is 0 Å². The third-order valence-electron chi connectivity index (χ3n) is 3.05. The lowest BCUT2D eigenvalue weighted by Crippen LogP contribution is -2.31. The molecule has 1 aromatic rings. The van der Waals surface area contributed by atoms with Crippen LogP contribution in [-0.4, -0.2) is 16.0 Å². The first-order valence-electron chi connectivity index (χ1n) is 5.84. The van der Waals surface area contributed by atoms with Crippen LogP contribution in [0.4, 0.5) is 11.6 Å². The van der Waals surface area contributed by atoms with Gasteiger partial charge >= 0.3 is 0 Å². The van der Waals surface area contributed by atoms with Gasteiger partial charge in [-0.25, -0.2) is 15.8 Å². The van der Waals surface area contributed by atoms with Gasteiger partial charge in [0.05, 0.1) is 0 Å². The molecule has 17 heavy (non-hydrogen) atoms. The monoisotopic (exact) mass is 237 g/mol. The third kappa shape index (κ3) is 3.30. The summed E-state index contributed by atoms with van der Waals surface area (Å²) in [4.78, 5) is 8.65. The highest BCUT2D eigenvalue weighted by molar-refractivity contribution is 5.57. The molecule has 0 amide bonds.